The van der Waals surface area contributed by atoms with Gasteiger partial charge >= 0.3 is 0 Å². The van der Waals surface area contributed by atoms with Crippen LogP contribution in [0.4, 0.5) is 0 Å². The Bertz CT molecular complexity index is 94.3. The van der Waals surface area contributed by atoms with Gasteiger partial charge in [-0.1, -0.05) is 6.92 Å². The molecule has 0 N–H and O–H groups in total. The van der Waals surface area contributed by atoms with Gasteiger partial charge in [-0.15, -0.1) is 0 Å². The lowest BCUT2D eigenvalue weighted by Crippen LogP contribution is -2.06. The van der Waals surface area contributed by atoms with Crippen LogP contribution in [0, 0.1) is 6.92 Å². The Balaban J connectivity index is 3.58. The van der Waals surface area contributed by atoms with Gasteiger partial charge < -0.3 is 0 Å². The van der Waals surface area contributed by atoms with Gasteiger partial charge in [0.2, 0.25) is 0 Å². The van der Waals surface area contributed by atoms with Gasteiger partial charge in [-0.25, -0.2) is 0 Å². The summed E-state index contributed by atoms with van der Waals surface area (Å²) in [5.74, 6) is -0.998. The van der Waals surface area contributed by atoms with Crippen molar-refractivity contribution in [3.05, 3.63) is 6.92 Å². The topological polar surface area (TPSA) is 34.1 Å². The maximum absolute atomic E-state index is 10.1. The van der Waals surface area contributed by atoms with E-state index in [4.69, 9.17) is 0 Å². The van der Waals surface area contributed by atoms with E-state index in [0.717, 1.165) is 0 Å². The first-order valence-electron chi connectivity index (χ1n) is 2.07. The first-order chi connectivity index (χ1) is 3.18. The molecule has 2 heteroatoms. The van der Waals surface area contributed by atoms with E-state index >= 15 is 0 Å². The zero-order valence-electron chi connectivity index (χ0n) is 4.23. The molecule has 0 spiro atoms. The molecule has 0 fully saturated rings. The van der Waals surface area contributed by atoms with Crippen molar-refractivity contribution < 1.29 is 9.59 Å². The number of rotatable bonds is 2. The van der Waals surface area contributed by atoms with Crippen LogP contribution >= 0.6 is 0 Å². The molecule has 0 amide bonds. The van der Waals surface area contributed by atoms with E-state index in [9.17, 15) is 9.59 Å². The highest BCUT2D eigenvalue weighted by atomic mass is 16.2. The Kier molecular flexibility index (Phi) is 2.27. The average Bonchev–Trinajstić information content (AvgIpc) is 1.65. The molecule has 0 heterocycles. The van der Waals surface area contributed by atoms with Gasteiger partial charge in [0, 0.05) is 13.3 Å². The molecule has 0 aromatic heterocycles. The number of hydrogen-bond donors (Lipinski definition) is 0. The Morgan fingerprint density at radius 1 is 1.57 bits per heavy atom. The van der Waals surface area contributed by atoms with Crippen molar-refractivity contribution in [2.45, 2.75) is 13.3 Å². The van der Waals surface area contributed by atoms with Crippen molar-refractivity contribution >= 4 is 11.6 Å². The van der Waals surface area contributed by atoms with Gasteiger partial charge in [0.25, 0.3) is 0 Å². The largest absolute Gasteiger partial charge is 0.291 e. The smallest absolute Gasteiger partial charge is 0.198 e. The van der Waals surface area contributed by atoms with Crippen molar-refractivity contribution in [3.8, 4) is 0 Å². The summed E-state index contributed by atoms with van der Waals surface area (Å²) in [5.41, 5.74) is 0. The minimum atomic E-state index is -0.595. The molecule has 0 aromatic rings. The zero-order valence-corrected chi connectivity index (χ0v) is 4.23. The lowest BCUT2D eigenvalue weighted by molar-refractivity contribution is -0.133. The zero-order chi connectivity index (χ0) is 5.86. The predicted octanol–water partition coefficient (Wildman–Crippen LogP) is 0.369. The highest BCUT2D eigenvalue weighted by molar-refractivity contribution is 6.38. The second kappa shape index (κ2) is 2.50. The van der Waals surface area contributed by atoms with Crippen LogP contribution in [0.25, 0.3) is 0 Å². The fraction of sp³-hybridized carbons (Fsp3) is 0.400. The van der Waals surface area contributed by atoms with Gasteiger partial charge in [-0.2, -0.15) is 0 Å². The molecule has 1 radical (unpaired) electrons. The summed E-state index contributed by atoms with van der Waals surface area (Å²) in [4.78, 5) is 20.0. The van der Waals surface area contributed by atoms with Crippen LogP contribution in [0.2, 0.25) is 0 Å². The van der Waals surface area contributed by atoms with Gasteiger partial charge in [-0.05, 0) is 0 Å². The molecule has 7 heavy (non-hydrogen) atoms. The van der Waals surface area contributed by atoms with Crippen molar-refractivity contribution in [2.24, 2.45) is 0 Å². The van der Waals surface area contributed by atoms with Gasteiger partial charge in [0.15, 0.2) is 11.6 Å². The van der Waals surface area contributed by atoms with Crippen LogP contribution in [-0.4, -0.2) is 11.6 Å². The lowest BCUT2D eigenvalue weighted by atomic mass is 10.2. The minimum Gasteiger partial charge on any atom is -0.291 e. The lowest BCUT2D eigenvalue weighted by Gasteiger charge is -1.81. The summed E-state index contributed by atoms with van der Waals surface area (Å²) in [7, 11) is 0. The standard InChI is InChI=1S/C5H7O2/c1-3-5(7)4(2)6/h2-3H2,1H3. The summed E-state index contributed by atoms with van der Waals surface area (Å²) < 4.78 is 0. The summed E-state index contributed by atoms with van der Waals surface area (Å²) in [6.45, 7) is 4.55. The molecular formula is C5H7O2. The summed E-state index contributed by atoms with van der Waals surface area (Å²) in [5, 5.41) is 0. The van der Waals surface area contributed by atoms with E-state index in [1.54, 1.807) is 6.92 Å². The van der Waals surface area contributed by atoms with Crippen molar-refractivity contribution in [3.63, 3.8) is 0 Å². The molecule has 0 saturated heterocycles. The summed E-state index contributed by atoms with van der Waals surface area (Å²) in [6, 6.07) is 0. The number of ketones is 2. The van der Waals surface area contributed by atoms with E-state index in [2.05, 4.69) is 6.92 Å². The number of carbonyl (C=O) groups excluding carboxylic acids is 2. The third-order valence-corrected chi connectivity index (χ3v) is 0.632. The Labute approximate surface area is 42.5 Å². The molecule has 0 saturated carbocycles. The van der Waals surface area contributed by atoms with Crippen LogP contribution in [-0.2, 0) is 9.59 Å². The predicted molar refractivity (Wildman–Crippen MR) is 25.7 cm³/mol. The van der Waals surface area contributed by atoms with Crippen LogP contribution in [0.5, 0.6) is 0 Å². The van der Waals surface area contributed by atoms with Gasteiger partial charge in [0.05, 0.1) is 0 Å². The maximum atomic E-state index is 10.1. The molecule has 0 rings (SSSR count). The molecule has 0 unspecified atom stereocenters. The van der Waals surface area contributed by atoms with E-state index < -0.39 is 11.6 Å². The molecule has 2 nitrogen and oxygen atoms in total. The fourth-order valence-corrected chi connectivity index (χ4v) is 0.197. The highest BCUT2D eigenvalue weighted by Crippen LogP contribution is 1.78. The molecular weight excluding hydrogens is 92.1 g/mol. The Morgan fingerprint density at radius 3 is 2.00 bits per heavy atom. The molecule has 0 aromatic carbocycles. The second-order valence-corrected chi connectivity index (χ2v) is 1.20. The molecule has 0 bridgehead atoms. The summed E-state index contributed by atoms with van der Waals surface area (Å²) in [6.07, 6.45) is 0.266. The molecule has 0 aliphatic carbocycles. The van der Waals surface area contributed by atoms with Crippen molar-refractivity contribution in [1.82, 2.24) is 0 Å². The number of hydrogen-bond acceptors (Lipinski definition) is 2. The fourth-order valence-electron chi connectivity index (χ4n) is 0.197. The van der Waals surface area contributed by atoms with Gasteiger partial charge in [0.1, 0.15) is 0 Å². The Hall–Kier alpha value is -0.660. The van der Waals surface area contributed by atoms with Crippen LogP contribution in [0.3, 0.4) is 0 Å². The molecule has 0 atom stereocenters. The van der Waals surface area contributed by atoms with Crippen LogP contribution in [0.15, 0.2) is 0 Å². The normalized spacial score (nSPS) is 8.29. The average molecular weight is 99.1 g/mol. The first kappa shape index (κ1) is 6.34. The highest BCUT2D eigenvalue weighted by Gasteiger charge is 2.01. The van der Waals surface area contributed by atoms with Crippen molar-refractivity contribution in [2.75, 3.05) is 0 Å². The van der Waals surface area contributed by atoms with E-state index in [1.165, 1.54) is 0 Å². The molecule has 39 valence electrons. The van der Waals surface area contributed by atoms with E-state index in [0.29, 0.717) is 0 Å². The number of Topliss-reactive ketones (excluding diaryl/α,β-unsaturated/α-hetero) is 2. The Morgan fingerprint density at radius 2 is 2.00 bits per heavy atom. The van der Waals surface area contributed by atoms with E-state index in [1.807, 2.05) is 0 Å². The van der Waals surface area contributed by atoms with Gasteiger partial charge in [-0.3, -0.25) is 9.59 Å². The number of carbonyl (C=O) groups is 2. The molecule has 0 aliphatic heterocycles. The van der Waals surface area contributed by atoms with E-state index in [-0.39, 0.29) is 6.42 Å². The first-order valence-corrected chi connectivity index (χ1v) is 2.07. The second-order valence-electron chi connectivity index (χ2n) is 1.20. The SMILES string of the molecule is [CH2]C(=O)C(=O)CC. The summed E-state index contributed by atoms with van der Waals surface area (Å²) >= 11 is 0. The monoisotopic (exact) mass is 99.0 g/mol. The van der Waals surface area contributed by atoms with Crippen LogP contribution in [0.1, 0.15) is 13.3 Å². The third kappa shape index (κ3) is 2.09. The van der Waals surface area contributed by atoms with Crippen LogP contribution < -0.4 is 0 Å². The van der Waals surface area contributed by atoms with Crippen molar-refractivity contribution in [1.29, 1.82) is 0 Å². The minimum absolute atomic E-state index is 0.266. The maximum Gasteiger partial charge on any atom is 0.198 e. The molecule has 0 aliphatic rings. The third-order valence-electron chi connectivity index (χ3n) is 0.632. The quantitative estimate of drug-likeness (QED) is 0.468.